The Labute approximate surface area is 142 Å². The van der Waals surface area contributed by atoms with Gasteiger partial charge in [0.05, 0.1) is 37.7 Å². The molecule has 4 rings (SSSR count). The third kappa shape index (κ3) is 3.13. The summed E-state index contributed by atoms with van der Waals surface area (Å²) < 4.78 is 7.80. The first-order valence-corrected chi connectivity index (χ1v) is 9.02. The summed E-state index contributed by atoms with van der Waals surface area (Å²) in [5.41, 5.74) is 5.24. The molecule has 24 heavy (non-hydrogen) atoms. The van der Waals surface area contributed by atoms with Crippen LogP contribution in [0.5, 0.6) is 5.75 Å². The van der Waals surface area contributed by atoms with Gasteiger partial charge in [0.15, 0.2) is 0 Å². The number of hydrogen-bond acceptors (Lipinski definition) is 4. The number of aromatic nitrogens is 2. The van der Waals surface area contributed by atoms with Gasteiger partial charge >= 0.3 is 0 Å². The van der Waals surface area contributed by atoms with Gasteiger partial charge in [-0.05, 0) is 61.8 Å². The molecule has 1 aliphatic heterocycles. The second-order valence-electron chi connectivity index (χ2n) is 6.77. The molecule has 1 aromatic heterocycles. The van der Waals surface area contributed by atoms with Crippen LogP contribution in [0, 0.1) is 0 Å². The Morgan fingerprint density at radius 2 is 2.04 bits per heavy atom. The maximum Gasteiger partial charge on any atom is 0.124 e. The van der Waals surface area contributed by atoms with E-state index in [4.69, 9.17) is 9.84 Å². The lowest BCUT2D eigenvalue weighted by atomic mass is 9.88. The Hall–Kier alpha value is -2.01. The molecule has 1 unspecified atom stereocenters. The smallest absolute Gasteiger partial charge is 0.124 e. The molecule has 2 aliphatic rings. The molecule has 0 radical (unpaired) electrons. The van der Waals surface area contributed by atoms with Crippen molar-refractivity contribution in [2.45, 2.75) is 51.1 Å². The van der Waals surface area contributed by atoms with Gasteiger partial charge in [-0.2, -0.15) is 5.10 Å². The minimum absolute atomic E-state index is 0.105. The molecule has 128 valence electrons. The highest BCUT2D eigenvalue weighted by Crippen LogP contribution is 2.37. The van der Waals surface area contributed by atoms with Crippen LogP contribution in [0.2, 0.25) is 0 Å². The van der Waals surface area contributed by atoms with Crippen molar-refractivity contribution >= 4 is 5.69 Å². The van der Waals surface area contributed by atoms with Crippen molar-refractivity contribution in [1.82, 2.24) is 9.78 Å². The van der Waals surface area contributed by atoms with E-state index in [9.17, 15) is 0 Å². The summed E-state index contributed by atoms with van der Waals surface area (Å²) in [6, 6.07) is 4.89. The van der Waals surface area contributed by atoms with Crippen molar-refractivity contribution in [3.63, 3.8) is 0 Å². The van der Waals surface area contributed by atoms with Crippen LogP contribution in [0.4, 0.5) is 5.69 Å². The number of aliphatic hydroxyl groups excluding tert-OH is 1. The van der Waals surface area contributed by atoms with Gasteiger partial charge in [0.1, 0.15) is 5.75 Å². The van der Waals surface area contributed by atoms with Crippen LogP contribution in [0.1, 0.15) is 48.4 Å². The standard InChI is InChI=1S/C19H25N3O2/c23-8-7-22-13-16(12-20-22)21-18-6-3-9-24-19-11-15-5-2-1-4-14(15)10-17(18)19/h10-13,18,21,23H,1-9H2. The molecule has 5 heteroatoms. The summed E-state index contributed by atoms with van der Waals surface area (Å²) in [5.74, 6) is 1.05. The highest BCUT2D eigenvalue weighted by atomic mass is 16.5. The molecular weight excluding hydrogens is 302 g/mol. The monoisotopic (exact) mass is 327 g/mol. The average molecular weight is 327 g/mol. The van der Waals surface area contributed by atoms with Crippen molar-refractivity contribution in [1.29, 1.82) is 0 Å². The van der Waals surface area contributed by atoms with Crippen LogP contribution in [-0.4, -0.2) is 28.1 Å². The first-order chi connectivity index (χ1) is 11.8. The fourth-order valence-electron chi connectivity index (χ4n) is 3.82. The summed E-state index contributed by atoms with van der Waals surface area (Å²) in [7, 11) is 0. The second kappa shape index (κ2) is 6.85. The largest absolute Gasteiger partial charge is 0.493 e. The first-order valence-electron chi connectivity index (χ1n) is 9.02. The number of anilines is 1. The van der Waals surface area contributed by atoms with Crippen molar-refractivity contribution in [3.05, 3.63) is 41.2 Å². The van der Waals surface area contributed by atoms with Crippen LogP contribution in [-0.2, 0) is 19.4 Å². The SMILES string of the molecule is OCCn1cc(NC2CCCOc3cc4c(cc32)CCCC4)cn1. The molecule has 0 saturated carbocycles. The molecule has 5 nitrogen and oxygen atoms in total. The Kier molecular flexibility index (Phi) is 4.43. The lowest BCUT2D eigenvalue weighted by Crippen LogP contribution is -2.12. The van der Waals surface area contributed by atoms with Gasteiger partial charge in [-0.1, -0.05) is 0 Å². The van der Waals surface area contributed by atoms with E-state index < -0.39 is 0 Å². The molecule has 1 aliphatic carbocycles. The first kappa shape index (κ1) is 15.5. The number of ether oxygens (including phenoxy) is 1. The second-order valence-corrected chi connectivity index (χ2v) is 6.77. The highest BCUT2D eigenvalue weighted by Gasteiger charge is 2.23. The molecule has 2 N–H and O–H groups in total. The summed E-state index contributed by atoms with van der Waals surface area (Å²) in [5, 5.41) is 16.9. The summed E-state index contributed by atoms with van der Waals surface area (Å²) >= 11 is 0. The quantitative estimate of drug-likeness (QED) is 0.906. The number of benzene rings is 1. The van der Waals surface area contributed by atoms with Crippen molar-refractivity contribution < 1.29 is 9.84 Å². The molecule has 1 atom stereocenters. The number of aliphatic hydroxyl groups is 1. The molecular formula is C19H25N3O2. The molecule has 2 aromatic rings. The Morgan fingerprint density at radius 1 is 1.21 bits per heavy atom. The minimum atomic E-state index is 0.105. The zero-order chi connectivity index (χ0) is 16.4. The predicted octanol–water partition coefficient (Wildman–Crippen LogP) is 3.08. The van der Waals surface area contributed by atoms with E-state index in [0.717, 1.165) is 30.9 Å². The zero-order valence-corrected chi connectivity index (χ0v) is 14.0. The van der Waals surface area contributed by atoms with E-state index in [1.54, 1.807) is 4.68 Å². The van der Waals surface area contributed by atoms with Crippen LogP contribution >= 0.6 is 0 Å². The topological polar surface area (TPSA) is 59.3 Å². The molecule has 1 aromatic carbocycles. The number of hydrogen-bond donors (Lipinski definition) is 2. The van der Waals surface area contributed by atoms with Gasteiger partial charge in [-0.3, -0.25) is 4.68 Å². The molecule has 0 spiro atoms. The third-order valence-electron chi connectivity index (χ3n) is 5.05. The number of fused-ring (bicyclic) bond motifs is 2. The van der Waals surface area contributed by atoms with E-state index in [-0.39, 0.29) is 12.6 Å². The molecule has 0 amide bonds. The van der Waals surface area contributed by atoms with E-state index in [1.165, 1.54) is 42.4 Å². The summed E-state index contributed by atoms with van der Waals surface area (Å²) in [4.78, 5) is 0. The minimum Gasteiger partial charge on any atom is -0.493 e. The zero-order valence-electron chi connectivity index (χ0n) is 14.0. The number of nitrogens with zero attached hydrogens (tertiary/aromatic N) is 2. The molecule has 2 heterocycles. The van der Waals surface area contributed by atoms with Gasteiger partial charge in [0.2, 0.25) is 0 Å². The molecule has 0 bridgehead atoms. The van der Waals surface area contributed by atoms with Gasteiger partial charge in [-0.15, -0.1) is 0 Å². The van der Waals surface area contributed by atoms with Crippen molar-refractivity contribution in [2.75, 3.05) is 18.5 Å². The predicted molar refractivity (Wildman–Crippen MR) is 93.5 cm³/mol. The molecule has 0 fully saturated rings. The van der Waals surface area contributed by atoms with Gasteiger partial charge in [-0.25, -0.2) is 0 Å². The van der Waals surface area contributed by atoms with Crippen LogP contribution in [0.3, 0.4) is 0 Å². The maximum absolute atomic E-state index is 9.03. The van der Waals surface area contributed by atoms with E-state index >= 15 is 0 Å². The van der Waals surface area contributed by atoms with E-state index in [0.29, 0.717) is 6.54 Å². The summed E-state index contributed by atoms with van der Waals surface area (Å²) in [6.45, 7) is 1.42. The Balaban J connectivity index is 1.61. The van der Waals surface area contributed by atoms with Crippen LogP contribution in [0.15, 0.2) is 24.5 Å². The third-order valence-corrected chi connectivity index (χ3v) is 5.05. The lowest BCUT2D eigenvalue weighted by molar-refractivity contribution is 0.269. The van der Waals surface area contributed by atoms with Crippen molar-refractivity contribution in [2.24, 2.45) is 0 Å². The molecule has 0 saturated heterocycles. The fraction of sp³-hybridized carbons (Fsp3) is 0.526. The van der Waals surface area contributed by atoms with Gasteiger partial charge in [0.25, 0.3) is 0 Å². The van der Waals surface area contributed by atoms with E-state index in [2.05, 4.69) is 22.5 Å². The fourth-order valence-corrected chi connectivity index (χ4v) is 3.82. The maximum atomic E-state index is 9.03. The Bertz CT molecular complexity index is 711. The Morgan fingerprint density at radius 3 is 2.88 bits per heavy atom. The van der Waals surface area contributed by atoms with Crippen molar-refractivity contribution in [3.8, 4) is 5.75 Å². The number of rotatable bonds is 4. The summed E-state index contributed by atoms with van der Waals surface area (Å²) in [6.07, 6.45) is 10.8. The van der Waals surface area contributed by atoms with Gasteiger partial charge < -0.3 is 15.2 Å². The highest BCUT2D eigenvalue weighted by molar-refractivity contribution is 5.50. The average Bonchev–Trinajstić information content (AvgIpc) is 2.95. The van der Waals surface area contributed by atoms with Crippen LogP contribution < -0.4 is 10.1 Å². The normalized spacial score (nSPS) is 19.8. The van der Waals surface area contributed by atoms with E-state index in [1.807, 2.05) is 12.4 Å². The van der Waals surface area contributed by atoms with Gasteiger partial charge in [0, 0.05) is 11.8 Å². The van der Waals surface area contributed by atoms with Crippen LogP contribution in [0.25, 0.3) is 0 Å². The number of aryl methyl sites for hydroxylation is 2. The lowest BCUT2D eigenvalue weighted by Gasteiger charge is -2.23. The number of nitrogens with one attached hydrogen (secondary N) is 1.